The third kappa shape index (κ3) is 6.18. The molecule has 0 aliphatic heterocycles. The van der Waals surface area contributed by atoms with E-state index in [0.717, 1.165) is 24.6 Å². The Morgan fingerprint density at radius 1 is 1.22 bits per heavy atom. The monoisotopic (exact) mass is 250 g/mol. The van der Waals surface area contributed by atoms with Crippen LogP contribution in [0.2, 0.25) is 0 Å². The fourth-order valence-corrected chi connectivity index (χ4v) is 1.41. The Hall–Kier alpha value is -1.65. The molecular formula is C13H22N4O. The van der Waals surface area contributed by atoms with Crippen LogP contribution in [0.15, 0.2) is 12.4 Å². The SMILES string of the molecule is CC(=O)CCNc1cc(NCCC(C)C)ncn1. The second-order valence-corrected chi connectivity index (χ2v) is 4.78. The van der Waals surface area contributed by atoms with Crippen LogP contribution in [0.4, 0.5) is 11.6 Å². The van der Waals surface area contributed by atoms with E-state index < -0.39 is 0 Å². The largest absolute Gasteiger partial charge is 0.370 e. The van der Waals surface area contributed by atoms with E-state index in [4.69, 9.17) is 0 Å². The summed E-state index contributed by atoms with van der Waals surface area (Å²) in [5, 5.41) is 6.36. The lowest BCUT2D eigenvalue weighted by atomic mass is 10.1. The van der Waals surface area contributed by atoms with E-state index >= 15 is 0 Å². The molecule has 100 valence electrons. The predicted octanol–water partition coefficient (Wildman–Crippen LogP) is 2.33. The topological polar surface area (TPSA) is 66.9 Å². The maximum atomic E-state index is 10.8. The molecule has 18 heavy (non-hydrogen) atoms. The number of nitrogens with one attached hydrogen (secondary N) is 2. The van der Waals surface area contributed by atoms with Crippen LogP contribution in [0.1, 0.15) is 33.6 Å². The number of hydrogen-bond donors (Lipinski definition) is 2. The molecule has 1 aromatic rings. The predicted molar refractivity (Wildman–Crippen MR) is 73.8 cm³/mol. The average Bonchev–Trinajstić information content (AvgIpc) is 2.28. The molecule has 0 spiro atoms. The number of Topliss-reactive ketones (excluding diaryl/α,β-unsaturated/α-hetero) is 1. The summed E-state index contributed by atoms with van der Waals surface area (Å²) in [5.41, 5.74) is 0. The molecule has 1 aromatic heterocycles. The minimum atomic E-state index is 0.173. The standard InChI is InChI=1S/C13H22N4O/c1-10(2)4-6-14-12-8-13(17-9-16-12)15-7-5-11(3)18/h8-10H,4-7H2,1-3H3,(H2,14,15,16,17). The summed E-state index contributed by atoms with van der Waals surface area (Å²) in [6.07, 6.45) is 3.14. The Balaban J connectivity index is 2.39. The van der Waals surface area contributed by atoms with Crippen LogP contribution >= 0.6 is 0 Å². The van der Waals surface area contributed by atoms with Gasteiger partial charge in [0, 0.05) is 25.6 Å². The highest BCUT2D eigenvalue weighted by molar-refractivity contribution is 5.75. The molecule has 5 heteroatoms. The van der Waals surface area contributed by atoms with Crippen LogP contribution in [0, 0.1) is 5.92 Å². The molecule has 1 rings (SSSR count). The summed E-state index contributed by atoms with van der Waals surface area (Å²) in [5.74, 6) is 2.41. The van der Waals surface area contributed by atoms with E-state index in [0.29, 0.717) is 18.9 Å². The average molecular weight is 250 g/mol. The van der Waals surface area contributed by atoms with E-state index in [-0.39, 0.29) is 5.78 Å². The quantitative estimate of drug-likeness (QED) is 0.741. The van der Waals surface area contributed by atoms with Crippen molar-refractivity contribution < 1.29 is 4.79 Å². The first-order chi connectivity index (χ1) is 8.58. The second kappa shape index (κ2) is 7.63. The van der Waals surface area contributed by atoms with E-state index in [1.165, 1.54) is 6.33 Å². The summed E-state index contributed by atoms with van der Waals surface area (Å²) in [6.45, 7) is 7.48. The Morgan fingerprint density at radius 3 is 2.39 bits per heavy atom. The van der Waals surface area contributed by atoms with Gasteiger partial charge in [0.1, 0.15) is 23.7 Å². The van der Waals surface area contributed by atoms with Gasteiger partial charge in [-0.15, -0.1) is 0 Å². The maximum Gasteiger partial charge on any atom is 0.131 e. The van der Waals surface area contributed by atoms with Crippen LogP contribution in [0.25, 0.3) is 0 Å². The van der Waals surface area contributed by atoms with Gasteiger partial charge >= 0.3 is 0 Å². The lowest BCUT2D eigenvalue weighted by molar-refractivity contribution is -0.116. The lowest BCUT2D eigenvalue weighted by Crippen LogP contribution is -2.09. The molecule has 0 unspecified atom stereocenters. The number of carbonyl (C=O) groups is 1. The van der Waals surface area contributed by atoms with Crippen molar-refractivity contribution >= 4 is 17.4 Å². The van der Waals surface area contributed by atoms with Gasteiger partial charge in [-0.3, -0.25) is 4.79 Å². The van der Waals surface area contributed by atoms with Gasteiger partial charge in [0.25, 0.3) is 0 Å². The highest BCUT2D eigenvalue weighted by Crippen LogP contribution is 2.09. The number of anilines is 2. The Labute approximate surface area is 108 Å². The van der Waals surface area contributed by atoms with Gasteiger partial charge in [0.05, 0.1) is 0 Å². The number of rotatable bonds is 8. The van der Waals surface area contributed by atoms with Crippen molar-refractivity contribution in [1.29, 1.82) is 0 Å². The molecule has 1 heterocycles. The number of aromatic nitrogens is 2. The van der Waals surface area contributed by atoms with Gasteiger partial charge < -0.3 is 10.6 Å². The Morgan fingerprint density at radius 2 is 1.83 bits per heavy atom. The molecule has 0 fully saturated rings. The Kier molecular flexibility index (Phi) is 6.11. The summed E-state index contributed by atoms with van der Waals surface area (Å²) >= 11 is 0. The van der Waals surface area contributed by atoms with Crippen molar-refractivity contribution in [2.75, 3.05) is 23.7 Å². The molecule has 0 amide bonds. The molecule has 2 N–H and O–H groups in total. The smallest absolute Gasteiger partial charge is 0.131 e. The van der Waals surface area contributed by atoms with Crippen molar-refractivity contribution in [3.63, 3.8) is 0 Å². The Bertz CT molecular complexity index is 379. The normalized spacial score (nSPS) is 10.4. The fourth-order valence-electron chi connectivity index (χ4n) is 1.41. The van der Waals surface area contributed by atoms with E-state index in [2.05, 4.69) is 34.4 Å². The van der Waals surface area contributed by atoms with Crippen LogP contribution in [-0.2, 0) is 4.79 Å². The molecule has 0 aliphatic rings. The number of nitrogens with zero attached hydrogens (tertiary/aromatic N) is 2. The zero-order valence-electron chi connectivity index (χ0n) is 11.4. The van der Waals surface area contributed by atoms with Gasteiger partial charge in [0.2, 0.25) is 0 Å². The van der Waals surface area contributed by atoms with Gasteiger partial charge in [-0.1, -0.05) is 13.8 Å². The number of carbonyl (C=O) groups excluding carboxylic acids is 1. The highest BCUT2D eigenvalue weighted by atomic mass is 16.1. The summed E-state index contributed by atoms with van der Waals surface area (Å²) in [6, 6.07) is 1.86. The number of ketones is 1. The van der Waals surface area contributed by atoms with Gasteiger partial charge in [0.15, 0.2) is 0 Å². The van der Waals surface area contributed by atoms with Crippen molar-refractivity contribution in [2.45, 2.75) is 33.6 Å². The number of hydrogen-bond acceptors (Lipinski definition) is 5. The fraction of sp³-hybridized carbons (Fsp3) is 0.615. The molecule has 0 bridgehead atoms. The summed E-state index contributed by atoms with van der Waals surface area (Å²) in [7, 11) is 0. The van der Waals surface area contributed by atoms with Crippen LogP contribution < -0.4 is 10.6 Å². The molecule has 0 saturated heterocycles. The zero-order valence-corrected chi connectivity index (χ0v) is 11.4. The molecule has 0 aliphatic carbocycles. The van der Waals surface area contributed by atoms with E-state index in [9.17, 15) is 4.79 Å². The zero-order chi connectivity index (χ0) is 13.4. The first-order valence-corrected chi connectivity index (χ1v) is 6.37. The molecule has 5 nitrogen and oxygen atoms in total. The summed E-state index contributed by atoms with van der Waals surface area (Å²) < 4.78 is 0. The second-order valence-electron chi connectivity index (χ2n) is 4.78. The third-order valence-electron chi connectivity index (χ3n) is 2.48. The van der Waals surface area contributed by atoms with Crippen LogP contribution in [-0.4, -0.2) is 28.8 Å². The van der Waals surface area contributed by atoms with Crippen molar-refractivity contribution in [2.24, 2.45) is 5.92 Å². The van der Waals surface area contributed by atoms with Gasteiger partial charge in [-0.25, -0.2) is 9.97 Å². The van der Waals surface area contributed by atoms with E-state index in [1.807, 2.05) is 6.07 Å². The minimum Gasteiger partial charge on any atom is -0.370 e. The van der Waals surface area contributed by atoms with Crippen LogP contribution in [0.5, 0.6) is 0 Å². The maximum absolute atomic E-state index is 10.8. The van der Waals surface area contributed by atoms with Gasteiger partial charge in [-0.2, -0.15) is 0 Å². The van der Waals surface area contributed by atoms with Crippen molar-refractivity contribution in [1.82, 2.24) is 9.97 Å². The van der Waals surface area contributed by atoms with Gasteiger partial charge in [-0.05, 0) is 19.3 Å². The molecule has 0 radical (unpaired) electrons. The molecule has 0 aromatic carbocycles. The summed E-state index contributed by atoms with van der Waals surface area (Å²) in [4.78, 5) is 19.1. The van der Waals surface area contributed by atoms with Crippen molar-refractivity contribution in [3.8, 4) is 0 Å². The lowest BCUT2D eigenvalue weighted by Gasteiger charge is -2.09. The molecule has 0 atom stereocenters. The molecule has 0 saturated carbocycles. The first-order valence-electron chi connectivity index (χ1n) is 6.37. The van der Waals surface area contributed by atoms with E-state index in [1.54, 1.807) is 6.92 Å². The highest BCUT2D eigenvalue weighted by Gasteiger charge is 2.00. The van der Waals surface area contributed by atoms with Crippen LogP contribution in [0.3, 0.4) is 0 Å². The minimum absolute atomic E-state index is 0.173. The van der Waals surface area contributed by atoms with Crippen molar-refractivity contribution in [3.05, 3.63) is 12.4 Å². The molecular weight excluding hydrogens is 228 g/mol. The first kappa shape index (κ1) is 14.4. The third-order valence-corrected chi connectivity index (χ3v) is 2.48.